The molecule has 7 nitrogen and oxygen atoms in total. The molecule has 0 N–H and O–H groups in total. The molecule has 0 saturated carbocycles. The smallest absolute Gasteiger partial charge is 0.244 e. The zero-order valence-corrected chi connectivity index (χ0v) is 13.2. The minimum absolute atomic E-state index is 0.0549. The van der Waals surface area contributed by atoms with Crippen LogP contribution in [0.5, 0.6) is 11.5 Å². The predicted molar refractivity (Wildman–Crippen MR) is 80.2 cm³/mol. The van der Waals surface area contributed by atoms with E-state index in [0.717, 1.165) is 36.6 Å². The first-order chi connectivity index (χ1) is 11.2. The van der Waals surface area contributed by atoms with Crippen LogP contribution in [0, 0.1) is 6.92 Å². The molecule has 0 unspecified atom stereocenters. The first-order valence-corrected chi connectivity index (χ1v) is 7.69. The number of aryl methyl sites for hydroxylation is 1. The number of nitrogens with zero attached hydrogens (tertiary/aromatic N) is 3. The van der Waals surface area contributed by atoms with E-state index in [1.54, 1.807) is 7.11 Å². The van der Waals surface area contributed by atoms with Gasteiger partial charge in [-0.15, -0.1) is 0 Å². The Hall–Kier alpha value is -2.12. The lowest BCUT2D eigenvalue weighted by Crippen LogP contribution is -2.25. The molecule has 3 heterocycles. The molecular weight excluding hydrogens is 298 g/mol. The number of aromatic nitrogens is 2. The van der Waals surface area contributed by atoms with Crippen molar-refractivity contribution in [3.05, 3.63) is 35.5 Å². The topological polar surface area (TPSA) is 69.9 Å². The third kappa shape index (κ3) is 2.66. The summed E-state index contributed by atoms with van der Waals surface area (Å²) in [6, 6.07) is 6.02. The van der Waals surface area contributed by atoms with Gasteiger partial charge < -0.3 is 18.7 Å². The van der Waals surface area contributed by atoms with E-state index in [-0.39, 0.29) is 18.9 Å². The maximum Gasteiger partial charge on any atom is 0.244 e. The van der Waals surface area contributed by atoms with Crippen LogP contribution >= 0.6 is 0 Å². The molecule has 2 aromatic rings. The van der Waals surface area contributed by atoms with E-state index in [0.29, 0.717) is 11.7 Å². The molecule has 23 heavy (non-hydrogen) atoms. The maximum atomic E-state index is 5.61. The summed E-state index contributed by atoms with van der Waals surface area (Å²) in [5, 5.41) is 3.91. The summed E-state index contributed by atoms with van der Waals surface area (Å²) in [4.78, 5) is 6.68. The Labute approximate surface area is 134 Å². The van der Waals surface area contributed by atoms with Crippen LogP contribution in [0.25, 0.3) is 0 Å². The second kappa shape index (κ2) is 5.82. The fraction of sp³-hybridized carbons (Fsp3) is 0.500. The number of hydrogen-bond donors (Lipinski definition) is 0. The van der Waals surface area contributed by atoms with Gasteiger partial charge in [0, 0.05) is 25.8 Å². The number of para-hydroxylation sites is 1. The van der Waals surface area contributed by atoms with Crippen molar-refractivity contribution in [2.24, 2.45) is 0 Å². The summed E-state index contributed by atoms with van der Waals surface area (Å²) in [6.07, 6.45) is 0.992. The molecule has 2 atom stereocenters. The number of ether oxygens (including phenoxy) is 3. The van der Waals surface area contributed by atoms with Crippen LogP contribution in [-0.4, -0.2) is 41.6 Å². The second-order valence-corrected chi connectivity index (χ2v) is 5.87. The highest BCUT2D eigenvalue weighted by atomic mass is 16.7. The first-order valence-electron chi connectivity index (χ1n) is 7.69. The van der Waals surface area contributed by atoms with Crippen molar-refractivity contribution in [3.63, 3.8) is 0 Å². The average molecular weight is 317 g/mol. The lowest BCUT2D eigenvalue weighted by molar-refractivity contribution is 0.107. The Bertz CT molecular complexity index is 702. The summed E-state index contributed by atoms with van der Waals surface area (Å²) >= 11 is 0. The Morgan fingerprint density at radius 2 is 2.26 bits per heavy atom. The molecule has 4 rings (SSSR count). The minimum atomic E-state index is 0.0549. The van der Waals surface area contributed by atoms with Crippen LogP contribution in [0.15, 0.2) is 22.7 Å². The second-order valence-electron chi connectivity index (χ2n) is 5.87. The van der Waals surface area contributed by atoms with Gasteiger partial charge in [0.2, 0.25) is 12.7 Å². The van der Waals surface area contributed by atoms with E-state index in [1.807, 2.05) is 19.1 Å². The highest BCUT2D eigenvalue weighted by Gasteiger charge is 2.37. The number of hydrogen-bond acceptors (Lipinski definition) is 7. The van der Waals surface area contributed by atoms with Gasteiger partial charge in [0.25, 0.3) is 0 Å². The van der Waals surface area contributed by atoms with E-state index >= 15 is 0 Å². The predicted octanol–water partition coefficient (Wildman–Crippen LogP) is 2.07. The summed E-state index contributed by atoms with van der Waals surface area (Å²) in [6.45, 7) is 3.64. The molecule has 1 saturated heterocycles. The van der Waals surface area contributed by atoms with Crippen molar-refractivity contribution in [3.8, 4) is 11.5 Å². The summed E-state index contributed by atoms with van der Waals surface area (Å²) in [5.74, 6) is 2.92. The average Bonchev–Trinajstić information content (AvgIpc) is 3.26. The van der Waals surface area contributed by atoms with Gasteiger partial charge in [-0.2, -0.15) is 4.98 Å². The minimum Gasteiger partial charge on any atom is -0.454 e. The van der Waals surface area contributed by atoms with Gasteiger partial charge in [-0.25, -0.2) is 0 Å². The molecule has 0 bridgehead atoms. The SMILES string of the molecule is CO[C@@H]1C[C@H](c2nc(C)no2)N(Cc2cccc3c2OCO3)C1. The lowest BCUT2D eigenvalue weighted by Gasteiger charge is -2.21. The molecule has 1 fully saturated rings. The lowest BCUT2D eigenvalue weighted by atomic mass is 10.1. The van der Waals surface area contributed by atoms with Crippen molar-refractivity contribution < 1.29 is 18.7 Å². The highest BCUT2D eigenvalue weighted by Crippen LogP contribution is 2.39. The molecule has 2 aliphatic heterocycles. The zero-order chi connectivity index (χ0) is 15.8. The van der Waals surface area contributed by atoms with Crippen molar-refractivity contribution in [1.29, 1.82) is 0 Å². The van der Waals surface area contributed by atoms with Gasteiger partial charge in [0.1, 0.15) is 0 Å². The number of likely N-dealkylation sites (tertiary alicyclic amines) is 1. The van der Waals surface area contributed by atoms with E-state index in [2.05, 4.69) is 21.1 Å². The standard InChI is InChI=1S/C16H19N3O4/c1-10-17-16(23-18-10)13-6-12(20-2)8-19(13)7-11-4-3-5-14-15(11)22-9-21-14/h3-5,12-13H,6-9H2,1-2H3/t12-,13-/m1/s1. The number of fused-ring (bicyclic) bond motifs is 1. The molecule has 0 radical (unpaired) electrons. The molecule has 7 heteroatoms. The van der Waals surface area contributed by atoms with Crippen LogP contribution < -0.4 is 9.47 Å². The van der Waals surface area contributed by atoms with Gasteiger partial charge in [0.15, 0.2) is 17.3 Å². The number of rotatable bonds is 4. The largest absolute Gasteiger partial charge is 0.454 e. The van der Waals surface area contributed by atoms with Gasteiger partial charge in [-0.05, 0) is 19.4 Å². The van der Waals surface area contributed by atoms with Crippen molar-refractivity contribution in [1.82, 2.24) is 15.0 Å². The Kier molecular flexibility index (Phi) is 3.66. The van der Waals surface area contributed by atoms with Crippen LogP contribution in [0.3, 0.4) is 0 Å². The molecule has 0 aliphatic carbocycles. The van der Waals surface area contributed by atoms with Gasteiger partial charge in [-0.1, -0.05) is 17.3 Å². The highest BCUT2D eigenvalue weighted by molar-refractivity contribution is 5.48. The van der Waals surface area contributed by atoms with Crippen LogP contribution in [0.4, 0.5) is 0 Å². The van der Waals surface area contributed by atoms with Crippen LogP contribution in [0.1, 0.15) is 29.7 Å². The quantitative estimate of drug-likeness (QED) is 0.855. The fourth-order valence-electron chi connectivity index (χ4n) is 3.25. The van der Waals surface area contributed by atoms with Crippen molar-refractivity contribution >= 4 is 0 Å². The van der Waals surface area contributed by atoms with Crippen molar-refractivity contribution in [2.45, 2.75) is 32.0 Å². The molecule has 1 aromatic carbocycles. The summed E-state index contributed by atoms with van der Waals surface area (Å²) in [7, 11) is 1.74. The number of methoxy groups -OCH3 is 1. The van der Waals surface area contributed by atoms with E-state index in [9.17, 15) is 0 Å². The maximum absolute atomic E-state index is 5.61. The molecule has 1 aromatic heterocycles. The zero-order valence-electron chi connectivity index (χ0n) is 13.2. The van der Waals surface area contributed by atoms with Crippen molar-refractivity contribution in [2.75, 3.05) is 20.4 Å². The normalized spacial score (nSPS) is 23.6. The Balaban J connectivity index is 1.60. The van der Waals surface area contributed by atoms with Gasteiger partial charge >= 0.3 is 0 Å². The van der Waals surface area contributed by atoms with E-state index in [4.69, 9.17) is 18.7 Å². The molecule has 2 aliphatic rings. The molecule has 0 amide bonds. The van der Waals surface area contributed by atoms with Crippen LogP contribution in [0.2, 0.25) is 0 Å². The third-order valence-electron chi connectivity index (χ3n) is 4.38. The first kappa shape index (κ1) is 14.5. The summed E-state index contributed by atoms with van der Waals surface area (Å²) in [5.41, 5.74) is 1.10. The van der Waals surface area contributed by atoms with Gasteiger partial charge in [0.05, 0.1) is 12.1 Å². The van der Waals surface area contributed by atoms with E-state index in [1.165, 1.54) is 0 Å². The number of benzene rings is 1. The Morgan fingerprint density at radius 1 is 1.35 bits per heavy atom. The summed E-state index contributed by atoms with van der Waals surface area (Å²) < 4.78 is 22.0. The van der Waals surface area contributed by atoms with Crippen LogP contribution in [-0.2, 0) is 11.3 Å². The molecule has 0 spiro atoms. The molecular formula is C16H19N3O4. The fourth-order valence-corrected chi connectivity index (χ4v) is 3.25. The van der Waals surface area contributed by atoms with E-state index < -0.39 is 0 Å². The Morgan fingerprint density at radius 3 is 3.04 bits per heavy atom. The molecule has 122 valence electrons. The third-order valence-corrected chi connectivity index (χ3v) is 4.38. The monoisotopic (exact) mass is 317 g/mol. The van der Waals surface area contributed by atoms with Gasteiger partial charge in [-0.3, -0.25) is 4.90 Å².